The summed E-state index contributed by atoms with van der Waals surface area (Å²) in [6.45, 7) is 0. The quantitative estimate of drug-likeness (QED) is 0.672. The molecule has 2 aromatic rings. The topological polar surface area (TPSA) is 72.2 Å². The van der Waals surface area contributed by atoms with Gasteiger partial charge in [0.25, 0.3) is 10.0 Å². The van der Waals surface area contributed by atoms with Crippen LogP contribution in [0.3, 0.4) is 0 Å². The minimum atomic E-state index is -4.01. The maximum Gasteiger partial charge on any atom is 0.264 e. The van der Waals surface area contributed by atoms with Gasteiger partial charge in [-0.2, -0.15) is 0 Å². The number of anilines is 2. The van der Waals surface area contributed by atoms with E-state index >= 15 is 0 Å². The molecule has 0 aliphatic carbocycles. The van der Waals surface area contributed by atoms with Crippen molar-refractivity contribution in [2.45, 2.75) is 9.79 Å². The zero-order chi connectivity index (χ0) is 14.8. The highest BCUT2D eigenvalue weighted by Crippen LogP contribution is 2.23. The number of thioether (sulfide) groups is 1. The molecular formula is C13H13FN2O2S2. The second-order valence-corrected chi connectivity index (χ2v) is 6.56. The molecule has 0 aliphatic rings. The number of hydrogen-bond acceptors (Lipinski definition) is 4. The maximum absolute atomic E-state index is 13.6. The summed E-state index contributed by atoms with van der Waals surface area (Å²) in [6.07, 6.45) is 1.88. The van der Waals surface area contributed by atoms with Gasteiger partial charge in [0.05, 0.1) is 0 Å². The van der Waals surface area contributed by atoms with E-state index in [0.29, 0.717) is 5.69 Å². The van der Waals surface area contributed by atoms with Crippen LogP contribution in [0.25, 0.3) is 0 Å². The number of rotatable bonds is 4. The van der Waals surface area contributed by atoms with Crippen LogP contribution in [0.1, 0.15) is 0 Å². The summed E-state index contributed by atoms with van der Waals surface area (Å²) in [5, 5.41) is 0. The van der Waals surface area contributed by atoms with Crippen LogP contribution in [0.4, 0.5) is 15.8 Å². The Morgan fingerprint density at radius 3 is 2.65 bits per heavy atom. The first kappa shape index (κ1) is 14.7. The molecule has 2 rings (SSSR count). The van der Waals surface area contributed by atoms with Gasteiger partial charge in [0, 0.05) is 16.3 Å². The summed E-state index contributed by atoms with van der Waals surface area (Å²) in [7, 11) is -4.01. The lowest BCUT2D eigenvalue weighted by Crippen LogP contribution is -2.15. The Morgan fingerprint density at radius 2 is 1.95 bits per heavy atom. The van der Waals surface area contributed by atoms with Crippen molar-refractivity contribution in [2.75, 3.05) is 16.7 Å². The van der Waals surface area contributed by atoms with E-state index < -0.39 is 20.7 Å². The number of hydrogen-bond donors (Lipinski definition) is 2. The Balaban J connectivity index is 2.38. The van der Waals surface area contributed by atoms with Crippen molar-refractivity contribution in [1.29, 1.82) is 0 Å². The van der Waals surface area contributed by atoms with Crippen LogP contribution in [-0.2, 0) is 10.0 Å². The molecule has 20 heavy (non-hydrogen) atoms. The SMILES string of the molecule is CSc1cccc(NS(=O)(=O)c2cc(N)ccc2F)c1. The van der Waals surface area contributed by atoms with E-state index in [1.54, 1.807) is 18.2 Å². The van der Waals surface area contributed by atoms with Crippen LogP contribution in [0.2, 0.25) is 0 Å². The van der Waals surface area contributed by atoms with Crippen LogP contribution < -0.4 is 10.5 Å². The Bertz CT molecular complexity index is 733. The molecule has 3 N–H and O–H groups in total. The summed E-state index contributed by atoms with van der Waals surface area (Å²) in [6, 6.07) is 10.3. The van der Waals surface area contributed by atoms with Crippen molar-refractivity contribution in [3.63, 3.8) is 0 Å². The monoisotopic (exact) mass is 312 g/mol. The molecule has 4 nitrogen and oxygen atoms in total. The average Bonchev–Trinajstić information content (AvgIpc) is 2.41. The van der Waals surface area contributed by atoms with Gasteiger partial charge in [-0.05, 0) is 42.7 Å². The summed E-state index contributed by atoms with van der Waals surface area (Å²) >= 11 is 1.48. The van der Waals surface area contributed by atoms with Crippen molar-refractivity contribution in [3.05, 3.63) is 48.3 Å². The fourth-order valence-corrected chi connectivity index (χ4v) is 3.25. The third-order valence-electron chi connectivity index (χ3n) is 2.57. The molecule has 0 spiro atoms. The highest BCUT2D eigenvalue weighted by molar-refractivity contribution is 7.98. The summed E-state index contributed by atoms with van der Waals surface area (Å²) in [5.41, 5.74) is 6.06. The minimum Gasteiger partial charge on any atom is -0.399 e. The van der Waals surface area contributed by atoms with E-state index in [0.717, 1.165) is 17.0 Å². The van der Waals surface area contributed by atoms with Gasteiger partial charge < -0.3 is 5.73 Å². The standard InChI is InChI=1S/C13H13FN2O2S2/c1-19-11-4-2-3-10(8-11)16-20(17,18)13-7-9(15)5-6-12(13)14/h2-8,16H,15H2,1H3. The van der Waals surface area contributed by atoms with E-state index in [1.807, 2.05) is 12.3 Å². The molecule has 0 saturated heterocycles. The Labute approximate surface area is 121 Å². The van der Waals surface area contributed by atoms with Crippen LogP contribution in [0, 0.1) is 5.82 Å². The molecule has 0 heterocycles. The normalized spacial score (nSPS) is 11.3. The molecule has 0 atom stereocenters. The van der Waals surface area contributed by atoms with Crippen molar-refractivity contribution in [2.24, 2.45) is 0 Å². The van der Waals surface area contributed by atoms with Crippen molar-refractivity contribution in [1.82, 2.24) is 0 Å². The third-order valence-corrected chi connectivity index (χ3v) is 4.69. The van der Waals surface area contributed by atoms with E-state index in [4.69, 9.17) is 5.73 Å². The number of nitrogens with two attached hydrogens (primary N) is 1. The Hall–Kier alpha value is -1.73. The lowest BCUT2D eigenvalue weighted by atomic mass is 10.3. The van der Waals surface area contributed by atoms with Crippen LogP contribution >= 0.6 is 11.8 Å². The molecule has 2 aromatic carbocycles. The predicted molar refractivity (Wildman–Crippen MR) is 79.8 cm³/mol. The zero-order valence-electron chi connectivity index (χ0n) is 10.6. The predicted octanol–water partition coefficient (Wildman–Crippen LogP) is 2.93. The van der Waals surface area contributed by atoms with Gasteiger partial charge in [0.1, 0.15) is 10.7 Å². The summed E-state index contributed by atoms with van der Waals surface area (Å²) < 4.78 is 40.3. The summed E-state index contributed by atoms with van der Waals surface area (Å²) in [4.78, 5) is 0.435. The van der Waals surface area contributed by atoms with Crippen molar-refractivity contribution in [3.8, 4) is 0 Å². The smallest absolute Gasteiger partial charge is 0.264 e. The molecule has 0 aliphatic heterocycles. The van der Waals surface area contributed by atoms with Crippen molar-refractivity contribution < 1.29 is 12.8 Å². The van der Waals surface area contributed by atoms with Gasteiger partial charge in [0.15, 0.2) is 0 Å². The molecule has 0 aromatic heterocycles. The van der Waals surface area contributed by atoms with E-state index in [2.05, 4.69) is 4.72 Å². The first-order chi connectivity index (χ1) is 9.42. The van der Waals surface area contributed by atoms with E-state index in [-0.39, 0.29) is 5.69 Å². The summed E-state index contributed by atoms with van der Waals surface area (Å²) in [5.74, 6) is -0.840. The number of sulfonamides is 1. The molecular weight excluding hydrogens is 299 g/mol. The molecule has 0 unspecified atom stereocenters. The van der Waals surface area contributed by atoms with Gasteiger partial charge in [-0.3, -0.25) is 4.72 Å². The van der Waals surface area contributed by atoms with Crippen LogP contribution in [-0.4, -0.2) is 14.7 Å². The molecule has 0 radical (unpaired) electrons. The molecule has 0 fully saturated rings. The second kappa shape index (κ2) is 5.72. The molecule has 0 amide bonds. The molecule has 7 heteroatoms. The maximum atomic E-state index is 13.6. The van der Waals surface area contributed by atoms with Gasteiger partial charge in [-0.1, -0.05) is 6.07 Å². The largest absolute Gasteiger partial charge is 0.399 e. The fraction of sp³-hybridized carbons (Fsp3) is 0.0769. The lowest BCUT2D eigenvalue weighted by molar-refractivity contribution is 0.570. The van der Waals surface area contributed by atoms with Gasteiger partial charge >= 0.3 is 0 Å². The third kappa shape index (κ3) is 3.23. The minimum absolute atomic E-state index is 0.185. The number of halogens is 1. The van der Waals surface area contributed by atoms with Gasteiger partial charge in [-0.25, -0.2) is 12.8 Å². The first-order valence-corrected chi connectivity index (χ1v) is 8.35. The van der Waals surface area contributed by atoms with Gasteiger partial charge in [0.2, 0.25) is 0 Å². The van der Waals surface area contributed by atoms with E-state index in [1.165, 1.54) is 17.8 Å². The molecule has 0 bridgehead atoms. The van der Waals surface area contributed by atoms with Crippen LogP contribution in [0.5, 0.6) is 0 Å². The van der Waals surface area contributed by atoms with Gasteiger partial charge in [-0.15, -0.1) is 11.8 Å². The molecule has 0 saturated carbocycles. The fourth-order valence-electron chi connectivity index (χ4n) is 1.62. The highest BCUT2D eigenvalue weighted by Gasteiger charge is 2.19. The highest BCUT2D eigenvalue weighted by atomic mass is 32.2. The Kier molecular flexibility index (Phi) is 4.20. The Morgan fingerprint density at radius 1 is 1.20 bits per heavy atom. The number of benzene rings is 2. The average molecular weight is 312 g/mol. The number of nitrogens with one attached hydrogen (secondary N) is 1. The second-order valence-electron chi connectivity index (χ2n) is 4.03. The van der Waals surface area contributed by atoms with E-state index in [9.17, 15) is 12.8 Å². The number of nitrogen functional groups attached to an aromatic ring is 1. The first-order valence-electron chi connectivity index (χ1n) is 5.64. The molecule has 106 valence electrons. The van der Waals surface area contributed by atoms with Crippen LogP contribution in [0.15, 0.2) is 52.3 Å². The lowest BCUT2D eigenvalue weighted by Gasteiger charge is -2.10. The van der Waals surface area contributed by atoms with Crippen molar-refractivity contribution >= 4 is 33.2 Å². The zero-order valence-corrected chi connectivity index (χ0v) is 12.3.